The van der Waals surface area contributed by atoms with Crippen LogP contribution in [0.3, 0.4) is 0 Å². The summed E-state index contributed by atoms with van der Waals surface area (Å²) in [6, 6.07) is 18.0. The molecule has 0 saturated heterocycles. The van der Waals surface area contributed by atoms with Crippen LogP contribution in [0, 0.1) is 0 Å². The average molecular weight is 235 g/mol. The Morgan fingerprint density at radius 2 is 1.33 bits per heavy atom. The van der Waals surface area contributed by atoms with Gasteiger partial charge in [0.2, 0.25) is 6.29 Å². The molecule has 0 aliphatic rings. The van der Waals surface area contributed by atoms with E-state index in [1.807, 2.05) is 24.3 Å². The molecule has 0 fully saturated rings. The minimum atomic E-state index is -0.176. The van der Waals surface area contributed by atoms with Gasteiger partial charge < -0.3 is 0 Å². The fraction of sp³-hybridized carbons (Fsp3) is 0. The molecule has 0 spiro atoms. The highest BCUT2D eigenvalue weighted by molar-refractivity contribution is 6.30. The van der Waals surface area contributed by atoms with Gasteiger partial charge in [-0.2, -0.15) is 0 Å². The molecule has 0 atom stereocenters. The quantitative estimate of drug-likeness (QED) is 0.603. The van der Waals surface area contributed by atoms with Gasteiger partial charge in [-0.3, -0.25) is 9.59 Å². The lowest BCUT2D eigenvalue weighted by molar-refractivity contribution is 0.105. The zero-order valence-corrected chi connectivity index (χ0v) is 9.67. The Labute approximate surface area is 106 Å². The van der Waals surface area contributed by atoms with Crippen LogP contribution in [0.1, 0.15) is 15.9 Å². The van der Waals surface area contributed by atoms with E-state index in [0.29, 0.717) is 11.1 Å². The lowest BCUT2D eigenvalue weighted by Crippen LogP contribution is -2.02. The molecule has 0 heterocycles. The van der Waals surface area contributed by atoms with Crippen molar-refractivity contribution >= 4 is 17.6 Å². The molecule has 0 aromatic heterocycles. The first-order valence-corrected chi connectivity index (χ1v) is 5.56. The summed E-state index contributed by atoms with van der Waals surface area (Å²) in [5.74, 6) is -0.176. The third-order valence-corrected chi connectivity index (χ3v) is 2.57. The molecule has 0 unspecified atom stereocenters. The maximum atomic E-state index is 12.3. The highest BCUT2D eigenvalue weighted by Crippen LogP contribution is 2.19. The van der Waals surface area contributed by atoms with Gasteiger partial charge in [0.25, 0.3) is 0 Å². The number of allylic oxidation sites excluding steroid dienone is 2. The second-order valence-corrected chi connectivity index (χ2v) is 3.74. The molecule has 18 heavy (non-hydrogen) atoms. The van der Waals surface area contributed by atoms with E-state index in [9.17, 15) is 9.59 Å². The zero-order chi connectivity index (χ0) is 12.8. The molecular formula is C16H11O2. The predicted octanol–water partition coefficient (Wildman–Crippen LogP) is 3.06. The summed E-state index contributed by atoms with van der Waals surface area (Å²) in [5, 5.41) is 0. The molecule has 2 aromatic carbocycles. The molecule has 2 aromatic rings. The van der Waals surface area contributed by atoms with Gasteiger partial charge in [0.05, 0.1) is 0 Å². The third-order valence-electron chi connectivity index (χ3n) is 2.57. The summed E-state index contributed by atoms with van der Waals surface area (Å²) in [6.07, 6.45) is 2.87. The van der Waals surface area contributed by atoms with Gasteiger partial charge in [0.15, 0.2) is 5.78 Å². The van der Waals surface area contributed by atoms with Crippen molar-refractivity contribution < 1.29 is 9.59 Å². The van der Waals surface area contributed by atoms with Crippen LogP contribution in [0.5, 0.6) is 0 Å². The molecule has 0 N–H and O–H groups in total. The Bertz CT molecular complexity index is 569. The fourth-order valence-electron chi connectivity index (χ4n) is 1.70. The molecule has 87 valence electrons. The van der Waals surface area contributed by atoms with Crippen molar-refractivity contribution in [3.05, 3.63) is 77.9 Å². The van der Waals surface area contributed by atoms with Crippen molar-refractivity contribution in [2.75, 3.05) is 0 Å². The van der Waals surface area contributed by atoms with Gasteiger partial charge in [-0.1, -0.05) is 60.7 Å². The number of carbonyl (C=O) groups is 1. The molecule has 2 nitrogen and oxygen atoms in total. The number of Topliss-reactive ketones (excluding diaryl/α,β-unsaturated/α-hetero) is 1. The number of ketones is 1. The lowest BCUT2D eigenvalue weighted by Gasteiger charge is -2.05. The van der Waals surface area contributed by atoms with Crippen LogP contribution in [0.25, 0.3) is 5.57 Å². The SMILES string of the molecule is O=[C]/C=C(\C(=O)c1ccccc1)c1ccccc1. The first-order valence-electron chi connectivity index (χ1n) is 5.56. The number of benzene rings is 2. The molecule has 2 rings (SSSR count). The van der Waals surface area contributed by atoms with E-state index < -0.39 is 0 Å². The van der Waals surface area contributed by atoms with E-state index in [4.69, 9.17) is 0 Å². The van der Waals surface area contributed by atoms with Crippen LogP contribution in [-0.4, -0.2) is 12.1 Å². The second kappa shape index (κ2) is 5.73. The third kappa shape index (κ3) is 2.61. The van der Waals surface area contributed by atoms with Crippen LogP contribution >= 0.6 is 0 Å². The summed E-state index contributed by atoms with van der Waals surface area (Å²) in [5.41, 5.74) is 1.63. The number of hydrogen-bond donors (Lipinski definition) is 0. The van der Waals surface area contributed by atoms with Crippen LogP contribution in [-0.2, 0) is 4.79 Å². The second-order valence-electron chi connectivity index (χ2n) is 3.74. The molecule has 1 radical (unpaired) electrons. The molecule has 0 amide bonds. The van der Waals surface area contributed by atoms with Crippen LogP contribution < -0.4 is 0 Å². The van der Waals surface area contributed by atoms with Crippen molar-refractivity contribution in [3.8, 4) is 0 Å². The number of carbonyl (C=O) groups excluding carboxylic acids is 2. The number of rotatable bonds is 4. The Morgan fingerprint density at radius 1 is 0.833 bits per heavy atom. The molecule has 0 saturated carbocycles. The van der Waals surface area contributed by atoms with Crippen LogP contribution in [0.4, 0.5) is 0 Å². The van der Waals surface area contributed by atoms with Crippen molar-refractivity contribution in [2.45, 2.75) is 0 Å². The first kappa shape index (κ1) is 12.0. The minimum Gasteiger partial charge on any atom is -0.289 e. The van der Waals surface area contributed by atoms with Crippen molar-refractivity contribution in [1.82, 2.24) is 0 Å². The van der Waals surface area contributed by atoms with Gasteiger partial charge in [0, 0.05) is 17.2 Å². The molecule has 2 heteroatoms. The molecule has 0 bridgehead atoms. The summed E-state index contributed by atoms with van der Waals surface area (Å²) >= 11 is 0. The summed E-state index contributed by atoms with van der Waals surface area (Å²) in [7, 11) is 0. The Kier molecular flexibility index (Phi) is 3.82. The monoisotopic (exact) mass is 235 g/mol. The van der Waals surface area contributed by atoms with Crippen molar-refractivity contribution in [2.24, 2.45) is 0 Å². The maximum absolute atomic E-state index is 12.3. The normalized spacial score (nSPS) is 11.0. The summed E-state index contributed by atoms with van der Waals surface area (Å²) in [4.78, 5) is 22.9. The summed E-state index contributed by atoms with van der Waals surface area (Å²) in [6.45, 7) is 0. The van der Waals surface area contributed by atoms with E-state index >= 15 is 0 Å². The van der Waals surface area contributed by atoms with Crippen LogP contribution in [0.2, 0.25) is 0 Å². The Balaban J connectivity index is 2.42. The van der Waals surface area contributed by atoms with Crippen LogP contribution in [0.15, 0.2) is 66.7 Å². The van der Waals surface area contributed by atoms with Gasteiger partial charge in [-0.05, 0) is 5.56 Å². The predicted molar refractivity (Wildman–Crippen MR) is 70.9 cm³/mol. The average Bonchev–Trinajstić information content (AvgIpc) is 2.46. The molecular weight excluding hydrogens is 224 g/mol. The summed E-state index contributed by atoms with van der Waals surface area (Å²) < 4.78 is 0. The highest BCUT2D eigenvalue weighted by atomic mass is 16.1. The standard InChI is InChI=1S/C16H11O2/c17-12-11-15(13-7-3-1-4-8-13)16(18)14-9-5-2-6-10-14/h1-11H/b15-11-. The smallest absolute Gasteiger partial charge is 0.226 e. The van der Waals surface area contributed by atoms with Crippen molar-refractivity contribution in [1.29, 1.82) is 0 Å². The molecule has 0 aliphatic heterocycles. The molecule has 0 aliphatic carbocycles. The van der Waals surface area contributed by atoms with E-state index in [2.05, 4.69) is 0 Å². The van der Waals surface area contributed by atoms with Gasteiger partial charge >= 0.3 is 0 Å². The topological polar surface area (TPSA) is 34.1 Å². The van der Waals surface area contributed by atoms with E-state index in [-0.39, 0.29) is 5.78 Å². The Hall–Kier alpha value is -2.48. The van der Waals surface area contributed by atoms with Gasteiger partial charge in [-0.25, -0.2) is 0 Å². The Morgan fingerprint density at radius 3 is 1.83 bits per heavy atom. The van der Waals surface area contributed by atoms with Gasteiger partial charge in [-0.15, -0.1) is 0 Å². The fourth-order valence-corrected chi connectivity index (χ4v) is 1.70. The lowest BCUT2D eigenvalue weighted by atomic mass is 9.97. The first-order chi connectivity index (χ1) is 8.83. The highest BCUT2D eigenvalue weighted by Gasteiger charge is 2.13. The van der Waals surface area contributed by atoms with Gasteiger partial charge in [0.1, 0.15) is 0 Å². The zero-order valence-electron chi connectivity index (χ0n) is 9.67. The minimum absolute atomic E-state index is 0.176. The van der Waals surface area contributed by atoms with E-state index in [1.54, 1.807) is 42.7 Å². The van der Waals surface area contributed by atoms with E-state index in [0.717, 1.165) is 5.56 Å². The number of hydrogen-bond acceptors (Lipinski definition) is 2. The van der Waals surface area contributed by atoms with Crippen molar-refractivity contribution in [3.63, 3.8) is 0 Å². The van der Waals surface area contributed by atoms with E-state index in [1.165, 1.54) is 6.08 Å². The largest absolute Gasteiger partial charge is 0.289 e. The maximum Gasteiger partial charge on any atom is 0.226 e.